The summed E-state index contributed by atoms with van der Waals surface area (Å²) in [4.78, 5) is 29.5. The molecule has 3 aliphatic rings. The van der Waals surface area contributed by atoms with Gasteiger partial charge in [-0.25, -0.2) is 18.4 Å². The molecule has 2 saturated heterocycles. The van der Waals surface area contributed by atoms with Crippen LogP contribution in [-0.2, 0) is 21.0 Å². The number of sulfonamides is 1. The lowest BCUT2D eigenvalue weighted by atomic mass is 9.86. The zero-order valence-electron chi connectivity index (χ0n) is 26.1. The van der Waals surface area contributed by atoms with Crippen LogP contribution in [-0.4, -0.2) is 105 Å². The fourth-order valence-electron chi connectivity index (χ4n) is 6.62. The van der Waals surface area contributed by atoms with Gasteiger partial charge in [-0.3, -0.25) is 4.79 Å². The van der Waals surface area contributed by atoms with E-state index in [4.69, 9.17) is 4.98 Å². The number of amides is 1. The number of nitrogens with one attached hydrogen (secondary N) is 1. The number of likely N-dealkylation sites (N-methyl/N-ethyl adjacent to an activating group) is 2. The van der Waals surface area contributed by atoms with E-state index in [0.29, 0.717) is 35.0 Å². The van der Waals surface area contributed by atoms with E-state index in [-0.39, 0.29) is 24.6 Å². The second-order valence-corrected chi connectivity index (χ2v) is 15.6. The van der Waals surface area contributed by atoms with E-state index in [2.05, 4.69) is 27.1 Å². The van der Waals surface area contributed by atoms with Gasteiger partial charge < -0.3 is 20.0 Å². The quantitative estimate of drug-likeness (QED) is 0.366. The lowest BCUT2D eigenvalue weighted by Gasteiger charge is -2.33. The van der Waals surface area contributed by atoms with Crippen LogP contribution in [0.4, 0.5) is 24.1 Å². The Morgan fingerprint density at radius 2 is 1.61 bits per heavy atom. The van der Waals surface area contributed by atoms with Crippen LogP contribution in [0.5, 0.6) is 0 Å². The number of fused-ring (bicyclic) bond motifs is 1. The zero-order valence-corrected chi connectivity index (χ0v) is 27.7. The number of benzene rings is 1. The van der Waals surface area contributed by atoms with E-state index >= 15 is 0 Å². The first-order chi connectivity index (χ1) is 21.9. The largest absolute Gasteiger partial charge is 0.417 e. The number of nitrogens with zero attached hydrogens (tertiary/aromatic N) is 6. The van der Waals surface area contributed by atoms with E-state index in [0.717, 1.165) is 74.1 Å². The molecule has 250 valence electrons. The van der Waals surface area contributed by atoms with Crippen LogP contribution < -0.4 is 10.2 Å². The predicted molar refractivity (Wildman–Crippen MR) is 173 cm³/mol. The van der Waals surface area contributed by atoms with Crippen LogP contribution in [0.25, 0.3) is 10.3 Å². The summed E-state index contributed by atoms with van der Waals surface area (Å²) in [5.74, 6) is -0.354. The summed E-state index contributed by atoms with van der Waals surface area (Å²) in [6, 6.07) is 7.05. The molecule has 0 bridgehead atoms. The van der Waals surface area contributed by atoms with E-state index in [1.807, 2.05) is 24.1 Å². The molecule has 2 aliphatic heterocycles. The molecule has 3 aromatic rings. The molecule has 0 spiro atoms. The summed E-state index contributed by atoms with van der Waals surface area (Å²) >= 11 is 1.23. The third-order valence-electron chi connectivity index (χ3n) is 9.45. The minimum atomic E-state index is -4.93. The van der Waals surface area contributed by atoms with Gasteiger partial charge in [-0.1, -0.05) is 43.1 Å². The first kappa shape index (κ1) is 33.1. The van der Waals surface area contributed by atoms with Gasteiger partial charge in [-0.2, -0.15) is 17.5 Å². The number of hydrogen-bond donors (Lipinski definition) is 1. The zero-order chi connectivity index (χ0) is 32.6. The molecular formula is C31H40F3N7O3S2. The summed E-state index contributed by atoms with van der Waals surface area (Å²) in [6.45, 7) is 4.67. The Balaban J connectivity index is 1.28. The molecule has 1 aliphatic carbocycles. The number of rotatable bonds is 8. The van der Waals surface area contributed by atoms with E-state index in [9.17, 15) is 26.4 Å². The number of halogens is 3. The van der Waals surface area contributed by atoms with Crippen molar-refractivity contribution in [3.05, 3.63) is 41.5 Å². The molecule has 6 rings (SSSR count). The number of carbonyl (C=O) groups excluding carboxylic acids is 1. The van der Waals surface area contributed by atoms with Crippen molar-refractivity contribution in [3.8, 4) is 0 Å². The molecule has 1 aromatic carbocycles. The van der Waals surface area contributed by atoms with Crippen molar-refractivity contribution >= 4 is 48.6 Å². The highest BCUT2D eigenvalue weighted by Crippen LogP contribution is 2.40. The molecule has 15 heteroatoms. The molecule has 3 fully saturated rings. The highest BCUT2D eigenvalue weighted by Gasteiger charge is 2.41. The molecule has 0 radical (unpaired) electrons. The smallest absolute Gasteiger partial charge is 0.354 e. The normalized spacial score (nSPS) is 20.4. The van der Waals surface area contributed by atoms with E-state index in [1.54, 1.807) is 0 Å². The minimum absolute atomic E-state index is 0.110. The van der Waals surface area contributed by atoms with Crippen LogP contribution in [0.3, 0.4) is 0 Å². The fraction of sp³-hybridized carbons (Fsp3) is 0.581. The summed E-state index contributed by atoms with van der Waals surface area (Å²) in [7, 11) is -0.474. The Morgan fingerprint density at radius 1 is 0.957 bits per heavy atom. The standard InChI is InChI=1S/C31H40F3N7O3S2/c1-38-11-15-40(16-12-38)27-10-8-25-29(36-27)45-30(35-25)37-28(42)23(19-21-5-3-4-6-21)22-7-9-26(24(20-22)31(32,33)34)46(43,44)41-17-13-39(2)14-18-41/h7-10,20-21,23H,3-6,11-19H2,1-2H3,(H,35,37,42)/t23-/m1/s1. The number of anilines is 2. The third kappa shape index (κ3) is 7.18. The number of pyridine rings is 1. The monoisotopic (exact) mass is 679 g/mol. The SMILES string of the molecule is CN1CCN(c2ccc3nc(NC(=O)[C@H](CC4CCCC4)c4ccc(S(=O)(=O)N5CCN(C)CC5)c(C(F)(F)F)c4)sc3n2)CC1. The van der Waals surface area contributed by atoms with Crippen LogP contribution in [0.2, 0.25) is 0 Å². The first-order valence-corrected chi connectivity index (χ1v) is 18.1. The Kier molecular flexibility index (Phi) is 9.59. The van der Waals surface area contributed by atoms with E-state index < -0.39 is 38.5 Å². The van der Waals surface area contributed by atoms with Gasteiger partial charge in [-0.05, 0) is 56.3 Å². The molecule has 4 heterocycles. The maximum Gasteiger partial charge on any atom is 0.417 e. The Morgan fingerprint density at radius 3 is 2.26 bits per heavy atom. The predicted octanol–water partition coefficient (Wildman–Crippen LogP) is 4.70. The molecule has 10 nitrogen and oxygen atoms in total. The maximum absolute atomic E-state index is 14.5. The second-order valence-electron chi connectivity index (χ2n) is 12.7. The molecule has 1 saturated carbocycles. The van der Waals surface area contributed by atoms with Gasteiger partial charge >= 0.3 is 6.18 Å². The molecule has 1 amide bonds. The number of aromatic nitrogens is 2. The van der Waals surface area contributed by atoms with Gasteiger partial charge in [0.2, 0.25) is 15.9 Å². The molecule has 1 N–H and O–H groups in total. The highest BCUT2D eigenvalue weighted by atomic mass is 32.2. The van der Waals surface area contributed by atoms with Crippen molar-refractivity contribution in [2.24, 2.45) is 5.92 Å². The van der Waals surface area contributed by atoms with Gasteiger partial charge in [0.05, 0.1) is 16.4 Å². The van der Waals surface area contributed by atoms with Crippen LogP contribution in [0.15, 0.2) is 35.2 Å². The van der Waals surface area contributed by atoms with Crippen molar-refractivity contribution < 1.29 is 26.4 Å². The maximum atomic E-state index is 14.5. The number of alkyl halides is 3. The van der Waals surface area contributed by atoms with Crippen molar-refractivity contribution in [1.82, 2.24) is 24.1 Å². The van der Waals surface area contributed by atoms with Crippen molar-refractivity contribution in [3.63, 3.8) is 0 Å². The topological polar surface area (TPSA) is 102 Å². The average molecular weight is 680 g/mol. The Hall–Kier alpha value is -2.85. The number of hydrogen-bond acceptors (Lipinski definition) is 9. The average Bonchev–Trinajstić information content (AvgIpc) is 3.69. The number of piperazine rings is 2. The minimum Gasteiger partial charge on any atom is -0.354 e. The van der Waals surface area contributed by atoms with Gasteiger partial charge in [0.25, 0.3) is 0 Å². The summed E-state index contributed by atoms with van der Waals surface area (Å²) in [5, 5.41) is 3.19. The van der Waals surface area contributed by atoms with Gasteiger partial charge in [0.1, 0.15) is 16.2 Å². The molecule has 0 unspecified atom stereocenters. The molecule has 46 heavy (non-hydrogen) atoms. The van der Waals surface area contributed by atoms with Gasteiger partial charge in [0, 0.05) is 52.4 Å². The van der Waals surface area contributed by atoms with Crippen molar-refractivity contribution in [1.29, 1.82) is 0 Å². The first-order valence-electron chi connectivity index (χ1n) is 15.8. The fourth-order valence-corrected chi connectivity index (χ4v) is 9.07. The van der Waals surface area contributed by atoms with Gasteiger partial charge in [0.15, 0.2) is 5.13 Å². The number of thiazole rings is 1. The molecular weight excluding hydrogens is 640 g/mol. The lowest BCUT2D eigenvalue weighted by Crippen LogP contribution is -2.47. The van der Waals surface area contributed by atoms with Crippen LogP contribution in [0, 0.1) is 5.92 Å². The second kappa shape index (κ2) is 13.3. The van der Waals surface area contributed by atoms with Crippen LogP contribution >= 0.6 is 11.3 Å². The molecule has 1 atom stereocenters. The van der Waals surface area contributed by atoms with Crippen molar-refractivity contribution in [2.75, 3.05) is 76.7 Å². The Labute approximate surface area is 271 Å². The van der Waals surface area contributed by atoms with Gasteiger partial charge in [-0.15, -0.1) is 0 Å². The van der Waals surface area contributed by atoms with Crippen LogP contribution in [0.1, 0.15) is 49.1 Å². The highest BCUT2D eigenvalue weighted by molar-refractivity contribution is 7.89. The van der Waals surface area contributed by atoms with Crippen molar-refractivity contribution in [2.45, 2.75) is 49.1 Å². The lowest BCUT2D eigenvalue weighted by molar-refractivity contribution is -0.140. The summed E-state index contributed by atoms with van der Waals surface area (Å²) < 4.78 is 71.5. The molecule has 2 aromatic heterocycles. The Bertz CT molecular complexity index is 1660. The third-order valence-corrected chi connectivity index (χ3v) is 12.3. The summed E-state index contributed by atoms with van der Waals surface area (Å²) in [5.41, 5.74) is -0.470. The van der Waals surface area contributed by atoms with E-state index in [1.165, 1.54) is 17.4 Å². The number of carbonyl (C=O) groups is 1. The summed E-state index contributed by atoms with van der Waals surface area (Å²) in [6.07, 6.45) is -0.760.